The minimum Gasteiger partial charge on any atom is -0.392 e. The van der Waals surface area contributed by atoms with Gasteiger partial charge < -0.3 is 15.2 Å². The molecule has 5 rings (SSSR count). The van der Waals surface area contributed by atoms with Gasteiger partial charge in [-0.25, -0.2) is 17.9 Å². The van der Waals surface area contributed by atoms with Crippen LogP contribution < -0.4 is 0 Å². The first-order chi connectivity index (χ1) is 18.5. The van der Waals surface area contributed by atoms with Gasteiger partial charge in [0, 0.05) is 36.5 Å². The highest BCUT2D eigenvalue weighted by Gasteiger charge is 2.23. The Kier molecular flexibility index (Phi) is 8.75. The summed E-state index contributed by atoms with van der Waals surface area (Å²) in [5, 5.41) is 28.1. The van der Waals surface area contributed by atoms with Gasteiger partial charge in [0.15, 0.2) is 6.20 Å². The number of aromatic nitrogens is 5. The van der Waals surface area contributed by atoms with Crippen LogP contribution in [-0.2, 0) is 19.6 Å². The molecule has 4 aromatic rings. The van der Waals surface area contributed by atoms with Gasteiger partial charge in [-0.3, -0.25) is 4.68 Å². The smallest absolute Gasteiger partial charge is 0.392 e. The Morgan fingerprint density at radius 1 is 1.18 bits per heavy atom. The number of nitro groups is 1. The number of halogens is 5. The van der Waals surface area contributed by atoms with E-state index < -0.39 is 35.4 Å². The molecule has 1 N–H and O–H groups in total. The molecule has 0 unspecified atom stereocenters. The summed E-state index contributed by atoms with van der Waals surface area (Å²) in [4.78, 5) is 12.4. The van der Waals surface area contributed by atoms with Crippen LogP contribution in [-0.4, -0.2) is 34.6 Å². The SMILES string of the molecule is Cc1nn(CC2CC2)cc1Cc1cc(C(F)F)nn1-c1ccc(F)cc1CO.O=[N+]([O-])c1ncc(Br)cc1F. The summed E-state index contributed by atoms with van der Waals surface area (Å²) in [7, 11) is 0. The predicted molar refractivity (Wildman–Crippen MR) is 135 cm³/mol. The average Bonchev–Trinajstić information content (AvgIpc) is 3.48. The van der Waals surface area contributed by atoms with Crippen molar-refractivity contribution >= 4 is 21.7 Å². The van der Waals surface area contributed by atoms with Crippen molar-refractivity contribution in [2.45, 2.75) is 45.8 Å². The average molecular weight is 611 g/mol. The van der Waals surface area contributed by atoms with Crippen LogP contribution in [0, 0.1) is 34.6 Å². The Labute approximate surface area is 228 Å². The molecule has 0 atom stereocenters. The fourth-order valence-electron chi connectivity index (χ4n) is 3.90. The van der Waals surface area contributed by atoms with E-state index in [-0.39, 0.29) is 11.3 Å². The molecule has 14 heteroatoms. The van der Waals surface area contributed by atoms with Crippen molar-refractivity contribution < 1.29 is 27.6 Å². The quantitative estimate of drug-likeness (QED) is 0.152. The second-order valence-electron chi connectivity index (χ2n) is 9.00. The fourth-order valence-corrected chi connectivity index (χ4v) is 4.20. The number of benzene rings is 1. The molecule has 0 saturated heterocycles. The number of nitrogens with zero attached hydrogens (tertiary/aromatic N) is 6. The Hall–Kier alpha value is -3.65. The van der Waals surface area contributed by atoms with E-state index >= 15 is 0 Å². The Morgan fingerprint density at radius 3 is 2.54 bits per heavy atom. The fraction of sp³-hybridized carbons (Fsp3) is 0.320. The molecule has 0 amide bonds. The largest absolute Gasteiger partial charge is 0.399 e. The Morgan fingerprint density at radius 2 is 1.92 bits per heavy atom. The third kappa shape index (κ3) is 7.06. The first-order valence-electron chi connectivity index (χ1n) is 11.8. The van der Waals surface area contributed by atoms with Crippen molar-refractivity contribution in [1.82, 2.24) is 24.5 Å². The molecule has 1 aromatic carbocycles. The molecule has 1 saturated carbocycles. The standard InChI is InChI=1S/C20H21F3N4O.C5H2BrFN2O2/c1-12-14(10-26(24-12)9-13-2-3-13)7-17-8-18(20(22)23)25-27(17)19-5-4-16(21)6-15(19)11-28;6-3-1-4(7)5(8-2-3)9(10)11/h4-6,8,10,13,20,28H,2-3,7,9,11H2,1H3;1-2H. The van der Waals surface area contributed by atoms with Crippen LogP contribution >= 0.6 is 15.9 Å². The number of hydrogen-bond acceptors (Lipinski definition) is 6. The number of aliphatic hydroxyl groups is 1. The minimum absolute atomic E-state index is 0.284. The number of aryl methyl sites for hydroxylation is 1. The van der Waals surface area contributed by atoms with E-state index in [4.69, 9.17) is 0 Å². The molecule has 39 heavy (non-hydrogen) atoms. The van der Waals surface area contributed by atoms with Crippen LogP contribution in [0.1, 0.15) is 47.5 Å². The second-order valence-corrected chi connectivity index (χ2v) is 9.92. The molecular formula is C25H23BrF4N6O3. The van der Waals surface area contributed by atoms with E-state index in [1.165, 1.54) is 48.0 Å². The first-order valence-corrected chi connectivity index (χ1v) is 12.6. The van der Waals surface area contributed by atoms with Gasteiger partial charge in [-0.1, -0.05) is 0 Å². The van der Waals surface area contributed by atoms with Gasteiger partial charge in [0.05, 0.1) is 22.5 Å². The molecule has 1 aliphatic carbocycles. The molecule has 206 valence electrons. The van der Waals surface area contributed by atoms with Gasteiger partial charge in [0.2, 0.25) is 5.82 Å². The summed E-state index contributed by atoms with van der Waals surface area (Å²) < 4.78 is 56.3. The molecule has 9 nitrogen and oxygen atoms in total. The molecule has 0 bridgehead atoms. The highest BCUT2D eigenvalue weighted by molar-refractivity contribution is 9.10. The zero-order valence-corrected chi connectivity index (χ0v) is 22.2. The van der Waals surface area contributed by atoms with E-state index in [9.17, 15) is 32.8 Å². The zero-order chi connectivity index (χ0) is 28.3. The van der Waals surface area contributed by atoms with Crippen molar-refractivity contribution in [2.75, 3.05) is 0 Å². The minimum atomic E-state index is -2.73. The van der Waals surface area contributed by atoms with Crippen LogP contribution in [0.4, 0.5) is 23.4 Å². The van der Waals surface area contributed by atoms with Crippen molar-refractivity contribution in [3.63, 3.8) is 0 Å². The molecule has 0 aliphatic heterocycles. The molecule has 0 radical (unpaired) electrons. The van der Waals surface area contributed by atoms with E-state index in [0.29, 0.717) is 28.2 Å². The summed E-state index contributed by atoms with van der Waals surface area (Å²) in [5.74, 6) is -1.53. The first kappa shape index (κ1) is 28.4. The zero-order valence-electron chi connectivity index (χ0n) is 20.6. The van der Waals surface area contributed by atoms with Crippen molar-refractivity contribution in [3.05, 3.63) is 97.2 Å². The van der Waals surface area contributed by atoms with Crippen molar-refractivity contribution in [3.8, 4) is 5.69 Å². The summed E-state index contributed by atoms with van der Waals surface area (Å²) in [6.45, 7) is 2.34. The lowest BCUT2D eigenvalue weighted by atomic mass is 10.1. The van der Waals surface area contributed by atoms with Gasteiger partial charge in [-0.2, -0.15) is 14.6 Å². The van der Waals surface area contributed by atoms with Gasteiger partial charge >= 0.3 is 5.82 Å². The topological polar surface area (TPSA) is 112 Å². The molecule has 3 heterocycles. The second kappa shape index (κ2) is 12.0. The van der Waals surface area contributed by atoms with Gasteiger partial charge in [0.25, 0.3) is 6.43 Å². The molecule has 1 aliphatic rings. The monoisotopic (exact) mass is 610 g/mol. The molecule has 0 spiro atoms. The Balaban J connectivity index is 0.000000270. The van der Waals surface area contributed by atoms with Crippen molar-refractivity contribution in [1.29, 1.82) is 0 Å². The number of alkyl halides is 2. The van der Waals surface area contributed by atoms with Crippen LogP contribution in [0.5, 0.6) is 0 Å². The number of aliphatic hydroxyl groups excluding tert-OH is 1. The molecular weight excluding hydrogens is 588 g/mol. The van der Waals surface area contributed by atoms with Crippen molar-refractivity contribution in [2.24, 2.45) is 5.92 Å². The molecule has 3 aromatic heterocycles. The lowest BCUT2D eigenvalue weighted by Crippen LogP contribution is -2.07. The van der Waals surface area contributed by atoms with E-state index in [1.807, 2.05) is 17.8 Å². The maximum atomic E-state index is 13.5. The van der Waals surface area contributed by atoms with E-state index in [0.717, 1.165) is 23.9 Å². The summed E-state index contributed by atoms with van der Waals surface area (Å²) in [6, 6.07) is 6.19. The van der Waals surface area contributed by atoms with Crippen LogP contribution in [0.15, 0.2) is 47.2 Å². The molecule has 1 fully saturated rings. The number of hydrogen-bond donors (Lipinski definition) is 1. The van der Waals surface area contributed by atoms with Crippen LogP contribution in [0.2, 0.25) is 0 Å². The van der Waals surface area contributed by atoms with E-state index in [2.05, 4.69) is 31.1 Å². The Bertz CT molecular complexity index is 1490. The summed E-state index contributed by atoms with van der Waals surface area (Å²) in [6.07, 6.45) is 3.18. The third-order valence-electron chi connectivity index (χ3n) is 5.99. The highest BCUT2D eigenvalue weighted by atomic mass is 79.9. The normalized spacial score (nSPS) is 12.9. The van der Waals surface area contributed by atoms with E-state index in [1.54, 1.807) is 0 Å². The maximum Gasteiger partial charge on any atom is 0.399 e. The summed E-state index contributed by atoms with van der Waals surface area (Å²) >= 11 is 2.92. The van der Waals surface area contributed by atoms with Gasteiger partial charge in [0.1, 0.15) is 11.5 Å². The maximum absolute atomic E-state index is 13.5. The summed E-state index contributed by atoms with van der Waals surface area (Å²) in [5.41, 5.74) is 2.61. The van der Waals surface area contributed by atoms with Crippen LogP contribution in [0.25, 0.3) is 5.69 Å². The number of rotatable bonds is 8. The third-order valence-corrected chi connectivity index (χ3v) is 6.42. The number of pyridine rings is 1. The van der Waals surface area contributed by atoms with Crippen LogP contribution in [0.3, 0.4) is 0 Å². The highest BCUT2D eigenvalue weighted by Crippen LogP contribution is 2.31. The predicted octanol–water partition coefficient (Wildman–Crippen LogP) is 5.84. The lowest BCUT2D eigenvalue weighted by molar-refractivity contribution is -0.392. The van der Waals surface area contributed by atoms with Gasteiger partial charge in [-0.05, 0) is 81.3 Å². The van der Waals surface area contributed by atoms with Gasteiger partial charge in [-0.15, -0.1) is 0 Å². The lowest BCUT2D eigenvalue weighted by Gasteiger charge is -2.11.